The Bertz CT molecular complexity index is 311. The maximum absolute atomic E-state index is 5.53. The van der Waals surface area contributed by atoms with E-state index in [1.807, 2.05) is 20.3 Å². The Hall–Kier alpha value is -0.940. The highest BCUT2D eigenvalue weighted by Gasteiger charge is 2.24. The molecule has 0 aromatic carbocycles. The molecular formula is C11H22N4O. The van der Waals surface area contributed by atoms with Crippen LogP contribution in [-0.2, 0) is 18.2 Å². The fraction of sp³-hybridized carbons (Fsp3) is 0.818. The van der Waals surface area contributed by atoms with E-state index in [-0.39, 0.29) is 12.1 Å². The van der Waals surface area contributed by atoms with Crippen LogP contribution in [0, 0.1) is 5.92 Å². The number of aryl methyl sites for hydroxylation is 1. The molecule has 1 heterocycles. The molecule has 0 radical (unpaired) electrons. The normalized spacial score (nSPS) is 15.4. The minimum atomic E-state index is 0.187. The molecule has 0 amide bonds. The first kappa shape index (κ1) is 13.1. The third-order valence-corrected chi connectivity index (χ3v) is 2.78. The molecule has 0 aliphatic rings. The Kier molecular flexibility index (Phi) is 4.89. The molecule has 0 fully saturated rings. The van der Waals surface area contributed by atoms with Crippen LogP contribution >= 0.6 is 0 Å². The summed E-state index contributed by atoms with van der Waals surface area (Å²) in [6.45, 7) is 4.32. The van der Waals surface area contributed by atoms with Gasteiger partial charge in [0.25, 0.3) is 0 Å². The molecule has 1 rings (SSSR count). The van der Waals surface area contributed by atoms with Crippen LogP contribution in [0.3, 0.4) is 0 Å². The average Bonchev–Trinajstić information content (AvgIpc) is 2.63. The summed E-state index contributed by atoms with van der Waals surface area (Å²) in [5, 5.41) is 11.3. The van der Waals surface area contributed by atoms with Crippen molar-refractivity contribution in [3.63, 3.8) is 0 Å². The molecule has 1 aromatic rings. The van der Waals surface area contributed by atoms with Crippen LogP contribution in [0.2, 0.25) is 0 Å². The second-order valence-corrected chi connectivity index (χ2v) is 4.43. The zero-order valence-electron chi connectivity index (χ0n) is 10.8. The third kappa shape index (κ3) is 3.28. The van der Waals surface area contributed by atoms with Gasteiger partial charge in [0.1, 0.15) is 0 Å². The summed E-state index contributed by atoms with van der Waals surface area (Å²) >= 11 is 0. The van der Waals surface area contributed by atoms with Crippen molar-refractivity contribution < 1.29 is 4.74 Å². The van der Waals surface area contributed by atoms with Gasteiger partial charge in [-0.3, -0.25) is 4.68 Å². The van der Waals surface area contributed by atoms with Gasteiger partial charge in [0, 0.05) is 32.8 Å². The molecule has 0 bridgehead atoms. The first-order chi connectivity index (χ1) is 7.58. The predicted octanol–water partition coefficient (Wildman–Crippen LogP) is 0.617. The van der Waals surface area contributed by atoms with E-state index in [1.165, 1.54) is 0 Å². The van der Waals surface area contributed by atoms with E-state index in [2.05, 4.69) is 29.5 Å². The Morgan fingerprint density at radius 2 is 2.19 bits per heavy atom. The van der Waals surface area contributed by atoms with E-state index in [0.717, 1.165) is 12.1 Å². The van der Waals surface area contributed by atoms with Crippen molar-refractivity contribution in [1.82, 2.24) is 20.3 Å². The van der Waals surface area contributed by atoms with Crippen LogP contribution < -0.4 is 5.32 Å². The standard InChI is InChI=1S/C11H22N4O/c1-8(2)11(16-5)10(12-3)6-9-7-15(4)14-13-9/h7-8,10-12H,6H2,1-5H3. The first-order valence-electron chi connectivity index (χ1n) is 5.63. The molecule has 0 aliphatic heterocycles. The van der Waals surface area contributed by atoms with Crippen molar-refractivity contribution in [2.45, 2.75) is 32.4 Å². The third-order valence-electron chi connectivity index (χ3n) is 2.78. The molecule has 16 heavy (non-hydrogen) atoms. The fourth-order valence-electron chi connectivity index (χ4n) is 2.00. The largest absolute Gasteiger partial charge is 0.380 e. The zero-order valence-corrected chi connectivity index (χ0v) is 10.8. The Morgan fingerprint density at radius 3 is 2.56 bits per heavy atom. The van der Waals surface area contributed by atoms with Gasteiger partial charge in [0.2, 0.25) is 0 Å². The second kappa shape index (κ2) is 5.96. The highest BCUT2D eigenvalue weighted by molar-refractivity contribution is 4.98. The maximum Gasteiger partial charge on any atom is 0.0843 e. The Balaban J connectivity index is 2.67. The molecule has 0 spiro atoms. The monoisotopic (exact) mass is 226 g/mol. The van der Waals surface area contributed by atoms with Crippen molar-refractivity contribution in [3.8, 4) is 0 Å². The van der Waals surface area contributed by atoms with E-state index in [9.17, 15) is 0 Å². The summed E-state index contributed by atoms with van der Waals surface area (Å²) in [6, 6.07) is 0.265. The van der Waals surface area contributed by atoms with Gasteiger partial charge in [-0.25, -0.2) is 0 Å². The van der Waals surface area contributed by atoms with Crippen LogP contribution in [0.25, 0.3) is 0 Å². The Morgan fingerprint density at radius 1 is 1.50 bits per heavy atom. The molecule has 0 saturated carbocycles. The van der Waals surface area contributed by atoms with Crippen LogP contribution in [0.1, 0.15) is 19.5 Å². The Labute approximate surface area is 97.2 Å². The molecule has 2 atom stereocenters. The molecule has 5 heteroatoms. The van der Waals surface area contributed by atoms with Crippen LogP contribution in [0.15, 0.2) is 6.20 Å². The molecular weight excluding hydrogens is 204 g/mol. The molecule has 1 N–H and O–H groups in total. The molecule has 0 saturated heterocycles. The lowest BCUT2D eigenvalue weighted by molar-refractivity contribution is 0.0351. The number of hydrogen-bond donors (Lipinski definition) is 1. The van der Waals surface area contributed by atoms with Gasteiger partial charge in [-0.15, -0.1) is 5.10 Å². The van der Waals surface area contributed by atoms with Gasteiger partial charge in [-0.1, -0.05) is 19.1 Å². The van der Waals surface area contributed by atoms with Crippen LogP contribution in [0.5, 0.6) is 0 Å². The quantitative estimate of drug-likeness (QED) is 0.772. The van der Waals surface area contributed by atoms with Crippen molar-refractivity contribution >= 4 is 0 Å². The lowest BCUT2D eigenvalue weighted by Crippen LogP contribution is -2.43. The van der Waals surface area contributed by atoms with E-state index in [0.29, 0.717) is 5.92 Å². The smallest absolute Gasteiger partial charge is 0.0843 e. The topological polar surface area (TPSA) is 52.0 Å². The number of nitrogens with one attached hydrogen (secondary N) is 1. The van der Waals surface area contributed by atoms with Gasteiger partial charge < -0.3 is 10.1 Å². The summed E-state index contributed by atoms with van der Waals surface area (Å²) in [7, 11) is 5.59. The minimum absolute atomic E-state index is 0.187. The van der Waals surface area contributed by atoms with Gasteiger partial charge in [0.15, 0.2) is 0 Å². The molecule has 92 valence electrons. The molecule has 1 aromatic heterocycles. The van der Waals surface area contributed by atoms with Crippen molar-refractivity contribution in [2.75, 3.05) is 14.2 Å². The lowest BCUT2D eigenvalue weighted by Gasteiger charge is -2.28. The molecule has 0 aliphatic carbocycles. The number of aromatic nitrogens is 3. The maximum atomic E-state index is 5.53. The van der Waals surface area contributed by atoms with E-state index in [4.69, 9.17) is 4.74 Å². The summed E-state index contributed by atoms with van der Waals surface area (Å²) < 4.78 is 7.25. The predicted molar refractivity (Wildman–Crippen MR) is 63.2 cm³/mol. The number of ether oxygens (including phenoxy) is 1. The number of hydrogen-bond acceptors (Lipinski definition) is 4. The average molecular weight is 226 g/mol. The van der Waals surface area contributed by atoms with Gasteiger partial charge in [-0.2, -0.15) is 0 Å². The van der Waals surface area contributed by atoms with Crippen molar-refractivity contribution in [1.29, 1.82) is 0 Å². The summed E-state index contributed by atoms with van der Waals surface area (Å²) in [4.78, 5) is 0. The highest BCUT2D eigenvalue weighted by atomic mass is 16.5. The number of likely N-dealkylation sites (N-methyl/N-ethyl adjacent to an activating group) is 1. The molecule has 5 nitrogen and oxygen atoms in total. The van der Waals surface area contributed by atoms with Gasteiger partial charge in [-0.05, 0) is 13.0 Å². The number of rotatable bonds is 6. The molecule has 2 unspecified atom stereocenters. The number of nitrogens with zero attached hydrogens (tertiary/aromatic N) is 3. The number of methoxy groups -OCH3 is 1. The van der Waals surface area contributed by atoms with E-state index in [1.54, 1.807) is 11.8 Å². The van der Waals surface area contributed by atoms with Crippen LogP contribution in [0.4, 0.5) is 0 Å². The van der Waals surface area contributed by atoms with Crippen molar-refractivity contribution in [2.24, 2.45) is 13.0 Å². The summed E-state index contributed by atoms with van der Waals surface area (Å²) in [6.07, 6.45) is 2.96. The highest BCUT2D eigenvalue weighted by Crippen LogP contribution is 2.13. The van der Waals surface area contributed by atoms with E-state index < -0.39 is 0 Å². The zero-order chi connectivity index (χ0) is 12.1. The van der Waals surface area contributed by atoms with Gasteiger partial charge in [0.05, 0.1) is 11.8 Å². The lowest BCUT2D eigenvalue weighted by atomic mass is 9.96. The SMILES string of the molecule is CNC(Cc1cn(C)nn1)C(OC)C(C)C. The van der Waals surface area contributed by atoms with Crippen LogP contribution in [-0.4, -0.2) is 41.3 Å². The summed E-state index contributed by atoms with van der Waals surface area (Å²) in [5.74, 6) is 0.471. The van der Waals surface area contributed by atoms with E-state index >= 15 is 0 Å². The second-order valence-electron chi connectivity index (χ2n) is 4.43. The van der Waals surface area contributed by atoms with Gasteiger partial charge >= 0.3 is 0 Å². The summed E-state index contributed by atoms with van der Waals surface area (Å²) in [5.41, 5.74) is 0.990. The fourth-order valence-corrected chi connectivity index (χ4v) is 2.00. The van der Waals surface area contributed by atoms with Crippen molar-refractivity contribution in [3.05, 3.63) is 11.9 Å². The minimum Gasteiger partial charge on any atom is -0.380 e. The first-order valence-corrected chi connectivity index (χ1v) is 5.63.